The first-order chi connectivity index (χ1) is 8.40. The van der Waals surface area contributed by atoms with Gasteiger partial charge in [-0.25, -0.2) is 0 Å². The summed E-state index contributed by atoms with van der Waals surface area (Å²) in [5.74, 6) is -0.0961. The summed E-state index contributed by atoms with van der Waals surface area (Å²) in [6.07, 6.45) is 0. The third-order valence-corrected chi connectivity index (χ3v) is 5.18. The Labute approximate surface area is 127 Å². The van der Waals surface area contributed by atoms with Crippen LogP contribution in [0, 0.1) is 13.8 Å². The van der Waals surface area contributed by atoms with Gasteiger partial charge >= 0.3 is 0 Å². The van der Waals surface area contributed by atoms with E-state index in [1.54, 1.807) is 10.7 Å². The molecule has 0 saturated heterocycles. The van der Waals surface area contributed by atoms with Gasteiger partial charge in [-0.15, -0.1) is 11.3 Å². The first-order valence-electron chi connectivity index (χ1n) is 5.07. The number of halogens is 3. The number of hydrogen-bond acceptors (Lipinski definition) is 3. The summed E-state index contributed by atoms with van der Waals surface area (Å²) in [6, 6.07) is 1.59. The molecule has 0 N–H and O–H groups in total. The molecule has 0 aromatic carbocycles. The van der Waals surface area contributed by atoms with Crippen molar-refractivity contribution in [1.82, 2.24) is 9.78 Å². The topological polar surface area (TPSA) is 34.9 Å². The quantitative estimate of drug-likeness (QED) is 0.748. The molecule has 2 aromatic rings. The zero-order valence-electron chi connectivity index (χ0n) is 9.63. The largest absolute Gasteiger partial charge is 0.292 e. The predicted octanol–water partition coefficient (Wildman–Crippen LogP) is 4.51. The maximum atomic E-state index is 12.1. The number of hydrogen-bond donors (Lipinski definition) is 0. The molecule has 96 valence electrons. The van der Waals surface area contributed by atoms with Crippen LogP contribution in [0.4, 0.5) is 0 Å². The highest BCUT2D eigenvalue weighted by Gasteiger charge is 2.17. The molecule has 0 aliphatic rings. The van der Waals surface area contributed by atoms with Gasteiger partial charge in [0.05, 0.1) is 25.8 Å². The standard InChI is InChI=1S/C11H9BrCl2N2OS/c1-5-10(12)6(2)16(15-5)4-8(17)7-3-9(13)18-11(7)14/h3H,4H2,1-2H3. The molecule has 2 rings (SSSR count). The van der Waals surface area contributed by atoms with Crippen molar-refractivity contribution in [3.05, 3.63) is 36.2 Å². The van der Waals surface area contributed by atoms with Crippen molar-refractivity contribution in [2.75, 3.05) is 0 Å². The first kappa shape index (κ1) is 14.1. The molecule has 0 aliphatic carbocycles. The highest BCUT2D eigenvalue weighted by molar-refractivity contribution is 9.10. The van der Waals surface area contributed by atoms with E-state index in [1.165, 1.54) is 11.3 Å². The van der Waals surface area contributed by atoms with Crippen molar-refractivity contribution in [1.29, 1.82) is 0 Å². The number of ketones is 1. The fraction of sp³-hybridized carbons (Fsp3) is 0.273. The maximum absolute atomic E-state index is 12.1. The van der Waals surface area contributed by atoms with Crippen LogP contribution in [0.5, 0.6) is 0 Å². The van der Waals surface area contributed by atoms with E-state index < -0.39 is 0 Å². The third kappa shape index (κ3) is 2.64. The lowest BCUT2D eigenvalue weighted by Gasteiger charge is -2.02. The molecule has 18 heavy (non-hydrogen) atoms. The summed E-state index contributed by atoms with van der Waals surface area (Å²) in [4.78, 5) is 12.1. The average Bonchev–Trinajstić information content (AvgIpc) is 2.75. The number of rotatable bonds is 3. The Balaban J connectivity index is 2.27. The van der Waals surface area contributed by atoms with E-state index in [1.807, 2.05) is 13.8 Å². The first-order valence-corrected chi connectivity index (χ1v) is 7.44. The highest BCUT2D eigenvalue weighted by Crippen LogP contribution is 2.31. The molecule has 0 atom stereocenters. The summed E-state index contributed by atoms with van der Waals surface area (Å²) in [5, 5.41) is 4.29. The summed E-state index contributed by atoms with van der Waals surface area (Å²) in [5.41, 5.74) is 2.23. The molecule has 2 aromatic heterocycles. The minimum Gasteiger partial charge on any atom is -0.292 e. The summed E-state index contributed by atoms with van der Waals surface area (Å²) in [6.45, 7) is 3.94. The molecule has 0 amide bonds. The van der Waals surface area contributed by atoms with Crippen LogP contribution in [0.2, 0.25) is 8.67 Å². The summed E-state index contributed by atoms with van der Waals surface area (Å²) >= 11 is 16.4. The number of thiophene rings is 1. The smallest absolute Gasteiger partial charge is 0.186 e. The van der Waals surface area contributed by atoms with Crippen LogP contribution in [0.3, 0.4) is 0 Å². The molecule has 0 unspecified atom stereocenters. The Hall–Kier alpha value is -0.360. The normalized spacial score (nSPS) is 10.9. The van der Waals surface area contributed by atoms with E-state index >= 15 is 0 Å². The fourth-order valence-electron chi connectivity index (χ4n) is 1.58. The summed E-state index contributed by atoms with van der Waals surface area (Å²) < 4.78 is 3.51. The number of aromatic nitrogens is 2. The van der Waals surface area contributed by atoms with E-state index in [2.05, 4.69) is 21.0 Å². The lowest BCUT2D eigenvalue weighted by atomic mass is 10.2. The van der Waals surface area contributed by atoms with Crippen LogP contribution in [0.1, 0.15) is 21.7 Å². The van der Waals surface area contributed by atoms with E-state index in [9.17, 15) is 4.79 Å². The fourth-order valence-corrected chi connectivity index (χ4v) is 3.36. The average molecular weight is 368 g/mol. The van der Waals surface area contributed by atoms with E-state index in [4.69, 9.17) is 23.2 Å². The van der Waals surface area contributed by atoms with E-state index in [-0.39, 0.29) is 12.3 Å². The number of carbonyl (C=O) groups excluding carboxylic acids is 1. The van der Waals surface area contributed by atoms with Crippen molar-refractivity contribution in [3.63, 3.8) is 0 Å². The van der Waals surface area contributed by atoms with Crippen molar-refractivity contribution in [2.24, 2.45) is 0 Å². The lowest BCUT2D eigenvalue weighted by Crippen LogP contribution is -2.12. The van der Waals surface area contributed by atoms with Gasteiger partial charge in [-0.1, -0.05) is 23.2 Å². The van der Waals surface area contributed by atoms with Crippen molar-refractivity contribution < 1.29 is 4.79 Å². The zero-order chi connectivity index (χ0) is 13.4. The molecule has 7 heteroatoms. The van der Waals surface area contributed by atoms with Crippen LogP contribution < -0.4 is 0 Å². The van der Waals surface area contributed by atoms with Gasteiger partial charge in [0, 0.05) is 0 Å². The predicted molar refractivity (Wildman–Crippen MR) is 78.1 cm³/mol. The number of carbonyl (C=O) groups is 1. The van der Waals surface area contributed by atoms with Crippen molar-refractivity contribution >= 4 is 56.3 Å². The Kier molecular flexibility index (Phi) is 4.16. The maximum Gasteiger partial charge on any atom is 0.186 e. The number of nitrogens with zero attached hydrogens (tertiary/aromatic N) is 2. The monoisotopic (exact) mass is 366 g/mol. The Bertz CT molecular complexity index is 621. The molecule has 3 nitrogen and oxygen atoms in total. The minimum absolute atomic E-state index is 0.0961. The Morgan fingerprint density at radius 1 is 1.50 bits per heavy atom. The Morgan fingerprint density at radius 3 is 2.61 bits per heavy atom. The van der Waals surface area contributed by atoms with Crippen LogP contribution >= 0.6 is 50.5 Å². The summed E-state index contributed by atoms with van der Waals surface area (Å²) in [7, 11) is 0. The second-order valence-electron chi connectivity index (χ2n) is 3.80. The second kappa shape index (κ2) is 5.33. The molecule has 0 bridgehead atoms. The van der Waals surface area contributed by atoms with Gasteiger partial charge in [-0.2, -0.15) is 5.10 Å². The van der Waals surface area contributed by atoms with Crippen LogP contribution in [0.15, 0.2) is 10.5 Å². The zero-order valence-corrected chi connectivity index (χ0v) is 13.5. The van der Waals surface area contributed by atoms with E-state index in [0.29, 0.717) is 14.2 Å². The van der Waals surface area contributed by atoms with Gasteiger partial charge in [0.15, 0.2) is 5.78 Å². The highest BCUT2D eigenvalue weighted by atomic mass is 79.9. The second-order valence-corrected chi connectivity index (χ2v) is 6.88. The SMILES string of the molecule is Cc1nn(CC(=O)c2cc(Cl)sc2Cl)c(C)c1Br. The molecule has 0 aliphatic heterocycles. The molecular weight excluding hydrogens is 359 g/mol. The van der Waals surface area contributed by atoms with Gasteiger partial charge in [-0.3, -0.25) is 9.48 Å². The van der Waals surface area contributed by atoms with Crippen LogP contribution in [0.25, 0.3) is 0 Å². The molecular formula is C11H9BrCl2N2OS. The van der Waals surface area contributed by atoms with Crippen molar-refractivity contribution in [2.45, 2.75) is 20.4 Å². The minimum atomic E-state index is -0.0961. The number of Topliss-reactive ketones (excluding diaryl/α,β-unsaturated/α-hetero) is 1. The molecule has 0 radical (unpaired) electrons. The molecule has 0 spiro atoms. The number of aryl methyl sites for hydroxylation is 1. The van der Waals surface area contributed by atoms with Crippen molar-refractivity contribution in [3.8, 4) is 0 Å². The van der Waals surface area contributed by atoms with E-state index in [0.717, 1.165) is 15.9 Å². The third-order valence-electron chi connectivity index (χ3n) is 2.54. The van der Waals surface area contributed by atoms with Gasteiger partial charge in [-0.05, 0) is 35.8 Å². The van der Waals surface area contributed by atoms with Crippen LogP contribution in [-0.2, 0) is 6.54 Å². The van der Waals surface area contributed by atoms with Gasteiger partial charge in [0.1, 0.15) is 10.9 Å². The molecule has 0 fully saturated rings. The van der Waals surface area contributed by atoms with Gasteiger partial charge in [0.25, 0.3) is 0 Å². The Morgan fingerprint density at radius 2 is 2.17 bits per heavy atom. The van der Waals surface area contributed by atoms with Gasteiger partial charge in [0.2, 0.25) is 0 Å². The lowest BCUT2D eigenvalue weighted by molar-refractivity contribution is 0.0967. The van der Waals surface area contributed by atoms with Crippen LogP contribution in [-0.4, -0.2) is 15.6 Å². The van der Waals surface area contributed by atoms with Gasteiger partial charge < -0.3 is 0 Å². The molecule has 2 heterocycles. The molecule has 0 saturated carbocycles.